The molecule has 1 heterocycles. The second kappa shape index (κ2) is 4.94. The summed E-state index contributed by atoms with van der Waals surface area (Å²) in [6, 6.07) is 10.5. The van der Waals surface area contributed by atoms with E-state index < -0.39 is 0 Å². The van der Waals surface area contributed by atoms with Crippen LogP contribution in [-0.2, 0) is 12.8 Å². The maximum Gasteiger partial charge on any atom is 0.0645 e. The smallest absolute Gasteiger partial charge is 0.0645 e. The van der Waals surface area contributed by atoms with Crippen LogP contribution in [0.2, 0.25) is 0 Å². The number of aryl methyl sites for hydroxylation is 1. The first-order chi connectivity index (χ1) is 7.83. The van der Waals surface area contributed by atoms with Crippen molar-refractivity contribution in [3.63, 3.8) is 0 Å². The van der Waals surface area contributed by atoms with Crippen LogP contribution in [0.3, 0.4) is 0 Å². The standard InChI is InChI=1S/C13H17N3/c1-2-11-3-5-13(6-4-11)16-10-8-12(15-16)7-9-14/h3-6,8,10H,2,7,9,14H2,1H3. The lowest BCUT2D eigenvalue weighted by atomic mass is 10.1. The summed E-state index contributed by atoms with van der Waals surface area (Å²) in [5.74, 6) is 0. The number of hydrogen-bond acceptors (Lipinski definition) is 2. The Hall–Kier alpha value is -1.61. The van der Waals surface area contributed by atoms with Crippen molar-refractivity contribution in [2.24, 2.45) is 5.73 Å². The van der Waals surface area contributed by atoms with Crippen LogP contribution in [0.5, 0.6) is 0 Å². The highest BCUT2D eigenvalue weighted by molar-refractivity contribution is 5.34. The van der Waals surface area contributed by atoms with Gasteiger partial charge in [0.2, 0.25) is 0 Å². The Kier molecular flexibility index (Phi) is 3.37. The van der Waals surface area contributed by atoms with Crippen molar-refractivity contribution >= 4 is 0 Å². The zero-order chi connectivity index (χ0) is 11.4. The van der Waals surface area contributed by atoms with Crippen molar-refractivity contribution in [2.45, 2.75) is 19.8 Å². The van der Waals surface area contributed by atoms with Gasteiger partial charge < -0.3 is 5.73 Å². The molecule has 0 unspecified atom stereocenters. The van der Waals surface area contributed by atoms with Gasteiger partial charge in [0.25, 0.3) is 0 Å². The summed E-state index contributed by atoms with van der Waals surface area (Å²) in [4.78, 5) is 0. The lowest BCUT2D eigenvalue weighted by molar-refractivity contribution is 0.821. The quantitative estimate of drug-likeness (QED) is 0.847. The highest BCUT2D eigenvalue weighted by Crippen LogP contribution is 2.10. The van der Waals surface area contributed by atoms with Gasteiger partial charge in [0.1, 0.15) is 0 Å². The van der Waals surface area contributed by atoms with E-state index in [9.17, 15) is 0 Å². The third-order valence-electron chi connectivity index (χ3n) is 2.65. The summed E-state index contributed by atoms with van der Waals surface area (Å²) in [5, 5.41) is 4.46. The van der Waals surface area contributed by atoms with Gasteiger partial charge in [-0.05, 0) is 36.7 Å². The molecule has 2 aromatic rings. The van der Waals surface area contributed by atoms with Crippen LogP contribution in [0, 0.1) is 0 Å². The SMILES string of the molecule is CCc1ccc(-n2ccc(CCN)n2)cc1. The molecule has 0 aliphatic carbocycles. The Morgan fingerprint density at radius 2 is 1.94 bits per heavy atom. The van der Waals surface area contributed by atoms with Crippen LogP contribution in [-0.4, -0.2) is 16.3 Å². The summed E-state index contributed by atoms with van der Waals surface area (Å²) in [6.45, 7) is 2.80. The van der Waals surface area contributed by atoms with E-state index in [-0.39, 0.29) is 0 Å². The molecule has 0 radical (unpaired) electrons. The minimum atomic E-state index is 0.645. The molecule has 3 heteroatoms. The van der Waals surface area contributed by atoms with Gasteiger partial charge in [-0.1, -0.05) is 19.1 Å². The zero-order valence-corrected chi connectivity index (χ0v) is 9.56. The first kappa shape index (κ1) is 10.9. The maximum atomic E-state index is 5.50. The molecule has 0 bridgehead atoms. The fourth-order valence-corrected chi connectivity index (χ4v) is 1.67. The minimum absolute atomic E-state index is 0.645. The summed E-state index contributed by atoms with van der Waals surface area (Å²) in [7, 11) is 0. The predicted octanol–water partition coefficient (Wildman–Crippen LogP) is 1.94. The van der Waals surface area contributed by atoms with E-state index in [0.29, 0.717) is 6.54 Å². The molecule has 1 aromatic carbocycles. The fraction of sp³-hybridized carbons (Fsp3) is 0.308. The molecule has 0 amide bonds. The molecular formula is C13H17N3. The summed E-state index contributed by atoms with van der Waals surface area (Å²) in [6.07, 6.45) is 3.88. The fourth-order valence-electron chi connectivity index (χ4n) is 1.67. The van der Waals surface area contributed by atoms with Crippen LogP contribution in [0.15, 0.2) is 36.5 Å². The van der Waals surface area contributed by atoms with Crippen molar-refractivity contribution in [3.05, 3.63) is 47.8 Å². The van der Waals surface area contributed by atoms with Gasteiger partial charge in [0.15, 0.2) is 0 Å². The molecule has 0 spiro atoms. The summed E-state index contributed by atoms with van der Waals surface area (Å²) in [5.41, 5.74) is 8.98. The molecule has 2 rings (SSSR count). The van der Waals surface area contributed by atoms with Crippen molar-refractivity contribution < 1.29 is 0 Å². The lowest BCUT2D eigenvalue weighted by Gasteiger charge is -2.02. The molecule has 1 aromatic heterocycles. The van der Waals surface area contributed by atoms with E-state index in [4.69, 9.17) is 5.73 Å². The normalized spacial score (nSPS) is 10.6. The van der Waals surface area contributed by atoms with E-state index in [1.54, 1.807) is 0 Å². The van der Waals surface area contributed by atoms with E-state index in [2.05, 4.69) is 36.3 Å². The Bertz CT molecular complexity index is 442. The Morgan fingerprint density at radius 3 is 2.56 bits per heavy atom. The highest BCUT2D eigenvalue weighted by Gasteiger charge is 2.00. The third kappa shape index (κ3) is 2.31. The third-order valence-corrected chi connectivity index (χ3v) is 2.65. The predicted molar refractivity (Wildman–Crippen MR) is 65.7 cm³/mol. The number of benzene rings is 1. The molecule has 0 saturated heterocycles. The molecule has 0 atom stereocenters. The number of nitrogens with zero attached hydrogens (tertiary/aromatic N) is 2. The number of nitrogens with two attached hydrogens (primary N) is 1. The highest BCUT2D eigenvalue weighted by atomic mass is 15.3. The van der Waals surface area contributed by atoms with Gasteiger partial charge in [-0.3, -0.25) is 0 Å². The van der Waals surface area contributed by atoms with Crippen LogP contribution < -0.4 is 5.73 Å². The van der Waals surface area contributed by atoms with Gasteiger partial charge in [-0.15, -0.1) is 0 Å². The Balaban J connectivity index is 2.21. The van der Waals surface area contributed by atoms with Crippen molar-refractivity contribution in [1.29, 1.82) is 0 Å². The van der Waals surface area contributed by atoms with Crippen LogP contribution in [0.1, 0.15) is 18.2 Å². The van der Waals surface area contributed by atoms with Crippen LogP contribution >= 0.6 is 0 Å². The molecule has 3 nitrogen and oxygen atoms in total. The van der Waals surface area contributed by atoms with Gasteiger partial charge in [-0.25, -0.2) is 4.68 Å². The molecule has 0 aliphatic rings. The lowest BCUT2D eigenvalue weighted by Crippen LogP contribution is -2.04. The average molecular weight is 215 g/mol. The molecule has 0 saturated carbocycles. The second-order valence-electron chi connectivity index (χ2n) is 3.81. The largest absolute Gasteiger partial charge is 0.330 e. The first-order valence-corrected chi connectivity index (χ1v) is 5.67. The van der Waals surface area contributed by atoms with Gasteiger partial charge in [0.05, 0.1) is 11.4 Å². The van der Waals surface area contributed by atoms with Crippen LogP contribution in [0.4, 0.5) is 0 Å². The number of hydrogen-bond donors (Lipinski definition) is 1. The zero-order valence-electron chi connectivity index (χ0n) is 9.56. The maximum absolute atomic E-state index is 5.50. The summed E-state index contributed by atoms with van der Waals surface area (Å²) >= 11 is 0. The Labute approximate surface area is 95.9 Å². The van der Waals surface area contributed by atoms with E-state index in [1.165, 1.54) is 5.56 Å². The molecule has 2 N–H and O–H groups in total. The van der Waals surface area contributed by atoms with Crippen LogP contribution in [0.25, 0.3) is 5.69 Å². The molecule has 0 aliphatic heterocycles. The molecular weight excluding hydrogens is 198 g/mol. The minimum Gasteiger partial charge on any atom is -0.330 e. The second-order valence-corrected chi connectivity index (χ2v) is 3.81. The van der Waals surface area contributed by atoms with E-state index in [1.807, 2.05) is 16.9 Å². The first-order valence-electron chi connectivity index (χ1n) is 5.67. The van der Waals surface area contributed by atoms with Gasteiger partial charge >= 0.3 is 0 Å². The van der Waals surface area contributed by atoms with Crippen molar-refractivity contribution in [3.8, 4) is 5.69 Å². The van der Waals surface area contributed by atoms with Gasteiger partial charge in [-0.2, -0.15) is 5.10 Å². The van der Waals surface area contributed by atoms with Crippen molar-refractivity contribution in [2.75, 3.05) is 6.54 Å². The topological polar surface area (TPSA) is 43.8 Å². The molecule has 84 valence electrons. The van der Waals surface area contributed by atoms with Gasteiger partial charge in [0, 0.05) is 12.6 Å². The monoisotopic (exact) mass is 215 g/mol. The van der Waals surface area contributed by atoms with Crippen molar-refractivity contribution in [1.82, 2.24) is 9.78 Å². The Morgan fingerprint density at radius 1 is 1.19 bits per heavy atom. The molecule has 0 fully saturated rings. The average Bonchev–Trinajstić information content (AvgIpc) is 2.78. The number of rotatable bonds is 4. The van der Waals surface area contributed by atoms with E-state index in [0.717, 1.165) is 24.2 Å². The molecule has 16 heavy (non-hydrogen) atoms. The van der Waals surface area contributed by atoms with E-state index >= 15 is 0 Å². The summed E-state index contributed by atoms with van der Waals surface area (Å²) < 4.78 is 1.89. The number of aromatic nitrogens is 2.